The molecule has 33 heavy (non-hydrogen) atoms. The number of carbonyl (C=O) groups excluding carboxylic acids is 2. The highest BCUT2D eigenvalue weighted by molar-refractivity contribution is 7.89. The summed E-state index contributed by atoms with van der Waals surface area (Å²) in [6.07, 6.45) is 1.82. The lowest BCUT2D eigenvalue weighted by molar-refractivity contribution is -0.132. The first-order valence-electron chi connectivity index (χ1n) is 12.1. The van der Waals surface area contributed by atoms with E-state index in [1.807, 2.05) is 37.5 Å². The largest absolute Gasteiger partial charge is 0.342 e. The van der Waals surface area contributed by atoms with Crippen LogP contribution in [0.5, 0.6) is 0 Å². The third kappa shape index (κ3) is 7.52. The summed E-state index contributed by atoms with van der Waals surface area (Å²) in [5.41, 5.74) is 0.947. The molecule has 186 valence electrons. The van der Waals surface area contributed by atoms with E-state index in [-0.39, 0.29) is 16.7 Å². The van der Waals surface area contributed by atoms with Gasteiger partial charge in [-0.1, -0.05) is 26.0 Å². The molecule has 1 aromatic rings. The normalized spacial score (nSPS) is 15.5. The van der Waals surface area contributed by atoms with E-state index in [2.05, 4.69) is 4.90 Å². The zero-order chi connectivity index (χ0) is 24.4. The van der Waals surface area contributed by atoms with Crippen molar-refractivity contribution in [1.82, 2.24) is 19.0 Å². The molecule has 0 saturated carbocycles. The molecular weight excluding hydrogens is 440 g/mol. The molecular formula is C24H40N4O4S. The van der Waals surface area contributed by atoms with Crippen LogP contribution in [0, 0.1) is 0 Å². The van der Waals surface area contributed by atoms with Crippen LogP contribution < -0.4 is 0 Å². The van der Waals surface area contributed by atoms with Gasteiger partial charge in [-0.25, -0.2) is 8.42 Å². The van der Waals surface area contributed by atoms with Gasteiger partial charge in [-0.15, -0.1) is 0 Å². The molecule has 1 saturated heterocycles. The summed E-state index contributed by atoms with van der Waals surface area (Å²) < 4.78 is 26.7. The minimum atomic E-state index is -3.47. The number of likely N-dealkylation sites (N-methyl/N-ethyl adjacent to an activating group) is 1. The number of benzene rings is 1. The molecule has 0 unspecified atom stereocenters. The van der Waals surface area contributed by atoms with E-state index in [1.165, 1.54) is 4.31 Å². The van der Waals surface area contributed by atoms with Crippen LogP contribution in [0.2, 0.25) is 0 Å². The van der Waals surface area contributed by atoms with Gasteiger partial charge in [0.2, 0.25) is 21.8 Å². The quantitative estimate of drug-likeness (QED) is 0.484. The van der Waals surface area contributed by atoms with Gasteiger partial charge in [-0.3, -0.25) is 14.5 Å². The Hall–Kier alpha value is -1.97. The van der Waals surface area contributed by atoms with E-state index in [4.69, 9.17) is 0 Å². The maximum Gasteiger partial charge on any atom is 0.243 e. The highest BCUT2D eigenvalue weighted by atomic mass is 32.2. The fourth-order valence-electron chi connectivity index (χ4n) is 4.20. The molecule has 9 heteroatoms. The summed E-state index contributed by atoms with van der Waals surface area (Å²) >= 11 is 0. The Balaban J connectivity index is 1.86. The summed E-state index contributed by atoms with van der Waals surface area (Å²) in [7, 11) is -3.47. The number of carbonyl (C=O) groups is 2. The van der Waals surface area contributed by atoms with Crippen molar-refractivity contribution in [2.75, 3.05) is 58.9 Å². The van der Waals surface area contributed by atoms with Crippen molar-refractivity contribution in [1.29, 1.82) is 0 Å². The lowest BCUT2D eigenvalue weighted by atomic mass is 10.1. The fraction of sp³-hybridized carbons (Fsp3) is 0.667. The predicted octanol–water partition coefficient (Wildman–Crippen LogP) is 2.05. The van der Waals surface area contributed by atoms with Crippen LogP contribution in [-0.4, -0.2) is 98.1 Å². The molecule has 0 radical (unpaired) electrons. The highest BCUT2D eigenvalue weighted by Gasteiger charge is 2.23. The monoisotopic (exact) mass is 480 g/mol. The number of sulfonamides is 1. The second-order valence-electron chi connectivity index (χ2n) is 8.31. The van der Waals surface area contributed by atoms with Crippen molar-refractivity contribution in [3.63, 3.8) is 0 Å². The first-order chi connectivity index (χ1) is 15.8. The Bertz CT molecular complexity index is 865. The van der Waals surface area contributed by atoms with Crippen LogP contribution in [0.15, 0.2) is 29.2 Å². The third-order valence-electron chi connectivity index (χ3n) is 6.31. The first kappa shape index (κ1) is 27.3. The van der Waals surface area contributed by atoms with Gasteiger partial charge in [0.1, 0.15) is 0 Å². The lowest BCUT2D eigenvalue weighted by Gasteiger charge is -2.25. The van der Waals surface area contributed by atoms with E-state index in [0.29, 0.717) is 52.1 Å². The molecule has 1 heterocycles. The summed E-state index contributed by atoms with van der Waals surface area (Å²) in [5, 5.41) is 0. The van der Waals surface area contributed by atoms with Gasteiger partial charge in [0.05, 0.1) is 11.4 Å². The molecule has 1 aromatic carbocycles. The molecule has 0 N–H and O–H groups in total. The topological polar surface area (TPSA) is 81.2 Å². The van der Waals surface area contributed by atoms with Crippen molar-refractivity contribution in [2.24, 2.45) is 0 Å². The van der Waals surface area contributed by atoms with Gasteiger partial charge < -0.3 is 9.80 Å². The summed E-state index contributed by atoms with van der Waals surface area (Å²) in [4.78, 5) is 31.3. The Morgan fingerprint density at radius 2 is 1.52 bits per heavy atom. The van der Waals surface area contributed by atoms with E-state index in [9.17, 15) is 18.0 Å². The first-order valence-corrected chi connectivity index (χ1v) is 13.6. The minimum Gasteiger partial charge on any atom is -0.342 e. The van der Waals surface area contributed by atoms with E-state index >= 15 is 0 Å². The fourth-order valence-corrected chi connectivity index (χ4v) is 5.65. The van der Waals surface area contributed by atoms with Crippen LogP contribution >= 0.6 is 0 Å². The number of rotatable bonds is 11. The number of nitrogens with zero attached hydrogens (tertiary/aromatic N) is 4. The molecule has 1 aliphatic heterocycles. The maximum atomic E-state index is 12.8. The molecule has 1 aliphatic rings. The van der Waals surface area contributed by atoms with E-state index in [0.717, 1.165) is 31.6 Å². The number of hydrogen-bond donors (Lipinski definition) is 0. The molecule has 0 atom stereocenters. The van der Waals surface area contributed by atoms with Crippen molar-refractivity contribution >= 4 is 21.8 Å². The van der Waals surface area contributed by atoms with Gasteiger partial charge in [0, 0.05) is 58.8 Å². The molecule has 0 aliphatic carbocycles. The van der Waals surface area contributed by atoms with Crippen molar-refractivity contribution in [3.05, 3.63) is 29.8 Å². The van der Waals surface area contributed by atoms with Gasteiger partial charge in [-0.05, 0) is 44.4 Å². The smallest absolute Gasteiger partial charge is 0.243 e. The second kappa shape index (κ2) is 13.1. The van der Waals surface area contributed by atoms with Crippen LogP contribution in [0.1, 0.15) is 46.1 Å². The molecule has 2 rings (SSSR count). The number of amides is 2. The Morgan fingerprint density at radius 3 is 2.09 bits per heavy atom. The molecule has 0 spiro atoms. The lowest BCUT2D eigenvalue weighted by Crippen LogP contribution is -2.42. The van der Waals surface area contributed by atoms with Crippen LogP contribution in [-0.2, 0) is 26.0 Å². The number of aryl methyl sites for hydroxylation is 1. The minimum absolute atomic E-state index is 0.103. The standard InChI is InChI=1S/C24H40N4O4S/c1-5-26(6-2)24(30)20-25-16-9-17-27(19-18-25)23(29)15-12-21-10-13-22(14-11-21)33(31,32)28(7-3)8-4/h10-11,13-14H,5-9,12,15-20H2,1-4H3. The SMILES string of the molecule is CCN(CC)C(=O)CN1CCCN(C(=O)CCc2ccc(S(=O)(=O)N(CC)CC)cc2)CC1. The highest BCUT2D eigenvalue weighted by Crippen LogP contribution is 2.17. The van der Waals surface area contributed by atoms with Crippen LogP contribution in [0.4, 0.5) is 0 Å². The van der Waals surface area contributed by atoms with Crippen LogP contribution in [0.3, 0.4) is 0 Å². The Morgan fingerprint density at radius 1 is 0.879 bits per heavy atom. The average Bonchev–Trinajstić information content (AvgIpc) is 3.05. The van der Waals surface area contributed by atoms with Gasteiger partial charge >= 0.3 is 0 Å². The molecule has 8 nitrogen and oxygen atoms in total. The second-order valence-corrected chi connectivity index (χ2v) is 10.2. The van der Waals surface area contributed by atoms with Gasteiger partial charge in [-0.2, -0.15) is 4.31 Å². The zero-order valence-electron chi connectivity index (χ0n) is 20.6. The zero-order valence-corrected chi connectivity index (χ0v) is 21.4. The van der Waals surface area contributed by atoms with Gasteiger partial charge in [0.15, 0.2) is 0 Å². The summed E-state index contributed by atoms with van der Waals surface area (Å²) in [5.74, 6) is 0.248. The van der Waals surface area contributed by atoms with E-state index in [1.54, 1.807) is 24.3 Å². The van der Waals surface area contributed by atoms with Crippen molar-refractivity contribution in [2.45, 2.75) is 51.9 Å². The molecule has 2 amide bonds. The van der Waals surface area contributed by atoms with E-state index < -0.39 is 10.0 Å². The number of hydrogen-bond acceptors (Lipinski definition) is 5. The molecule has 0 bridgehead atoms. The summed E-state index contributed by atoms with van der Waals surface area (Å²) in [6.45, 7) is 13.2. The maximum absolute atomic E-state index is 12.8. The van der Waals surface area contributed by atoms with Crippen molar-refractivity contribution in [3.8, 4) is 0 Å². The molecule has 0 aromatic heterocycles. The molecule has 1 fully saturated rings. The van der Waals surface area contributed by atoms with Crippen molar-refractivity contribution < 1.29 is 18.0 Å². The van der Waals surface area contributed by atoms with Crippen LogP contribution in [0.25, 0.3) is 0 Å². The Labute approximate surface area is 199 Å². The summed E-state index contributed by atoms with van der Waals surface area (Å²) in [6, 6.07) is 6.85. The van der Waals surface area contributed by atoms with Gasteiger partial charge in [0.25, 0.3) is 0 Å². The Kier molecular flexibility index (Phi) is 10.8. The average molecular weight is 481 g/mol. The predicted molar refractivity (Wildman–Crippen MR) is 130 cm³/mol. The third-order valence-corrected chi connectivity index (χ3v) is 8.37.